The Bertz CT molecular complexity index is 544. The van der Waals surface area contributed by atoms with E-state index in [0.29, 0.717) is 6.54 Å². The third-order valence-electron chi connectivity index (χ3n) is 4.05. The van der Waals surface area contributed by atoms with Crippen molar-refractivity contribution in [2.45, 2.75) is 45.1 Å². The lowest BCUT2D eigenvalue weighted by Gasteiger charge is -2.29. The number of nitro groups is 1. The minimum atomic E-state index is -0.675. The Labute approximate surface area is 123 Å². The molecule has 0 aliphatic carbocycles. The maximum absolute atomic E-state index is 12.7. The van der Waals surface area contributed by atoms with Crippen LogP contribution in [0, 0.1) is 10.1 Å². The molecule has 2 rings (SSSR count). The smallest absolute Gasteiger partial charge is 0.311 e. The van der Waals surface area contributed by atoms with Crippen molar-refractivity contribution in [1.29, 1.82) is 0 Å². The van der Waals surface area contributed by atoms with Gasteiger partial charge in [0.1, 0.15) is 0 Å². The first kappa shape index (κ1) is 15.3. The van der Waals surface area contributed by atoms with E-state index in [1.807, 2.05) is 6.92 Å². The summed E-state index contributed by atoms with van der Waals surface area (Å²) in [6, 6.07) is 4.22. The van der Waals surface area contributed by atoms with E-state index < -0.39 is 16.4 Å². The molecular weight excluding hydrogens is 272 g/mol. The van der Waals surface area contributed by atoms with Crippen LogP contribution < -0.4 is 0 Å². The van der Waals surface area contributed by atoms with E-state index in [9.17, 15) is 20.0 Å². The van der Waals surface area contributed by atoms with Crippen LogP contribution >= 0.6 is 0 Å². The molecule has 0 spiro atoms. The minimum Gasteiger partial charge on any atom is -0.502 e. The normalized spacial score (nSPS) is 19.1. The molecule has 1 heterocycles. The molecule has 0 radical (unpaired) electrons. The van der Waals surface area contributed by atoms with Gasteiger partial charge in [-0.3, -0.25) is 14.9 Å². The quantitative estimate of drug-likeness (QED) is 0.685. The van der Waals surface area contributed by atoms with E-state index in [1.165, 1.54) is 18.2 Å². The van der Waals surface area contributed by atoms with Crippen LogP contribution in [0.5, 0.6) is 5.75 Å². The molecule has 0 bridgehead atoms. The van der Waals surface area contributed by atoms with Crippen molar-refractivity contribution in [2.75, 3.05) is 6.54 Å². The van der Waals surface area contributed by atoms with Crippen LogP contribution in [-0.4, -0.2) is 33.4 Å². The number of hydrogen-bond donors (Lipinski definition) is 1. The fraction of sp³-hybridized carbons (Fsp3) is 0.533. The summed E-state index contributed by atoms with van der Waals surface area (Å²) in [5.74, 6) is -0.850. The summed E-state index contributed by atoms with van der Waals surface area (Å²) in [7, 11) is 0. The Balaban J connectivity index is 2.34. The number of hydrogen-bond acceptors (Lipinski definition) is 4. The highest BCUT2D eigenvalue weighted by Crippen LogP contribution is 2.31. The van der Waals surface area contributed by atoms with Crippen LogP contribution in [0.25, 0.3) is 0 Å². The Morgan fingerprint density at radius 2 is 2.19 bits per heavy atom. The molecule has 1 unspecified atom stereocenters. The number of amides is 1. The molecule has 0 saturated carbocycles. The average Bonchev–Trinajstić information content (AvgIpc) is 2.71. The summed E-state index contributed by atoms with van der Waals surface area (Å²) in [5, 5.41) is 20.9. The fourth-order valence-corrected chi connectivity index (χ4v) is 2.88. The van der Waals surface area contributed by atoms with Gasteiger partial charge in [0.2, 0.25) is 5.75 Å². The van der Waals surface area contributed by atoms with Gasteiger partial charge in [-0.2, -0.15) is 0 Å². The lowest BCUT2D eigenvalue weighted by atomic mass is 10.1. The van der Waals surface area contributed by atoms with E-state index in [0.717, 1.165) is 32.1 Å². The molecule has 0 aromatic heterocycles. The van der Waals surface area contributed by atoms with E-state index in [-0.39, 0.29) is 17.5 Å². The number of nitro benzene ring substituents is 1. The molecule has 1 aromatic carbocycles. The van der Waals surface area contributed by atoms with Gasteiger partial charge < -0.3 is 10.0 Å². The lowest BCUT2D eigenvalue weighted by Crippen LogP contribution is -2.39. The Kier molecular flexibility index (Phi) is 4.77. The van der Waals surface area contributed by atoms with Crippen molar-refractivity contribution in [1.82, 2.24) is 4.90 Å². The highest BCUT2D eigenvalue weighted by Gasteiger charge is 2.29. The Morgan fingerprint density at radius 3 is 2.86 bits per heavy atom. The molecule has 114 valence electrons. The highest BCUT2D eigenvalue weighted by molar-refractivity contribution is 5.98. The van der Waals surface area contributed by atoms with Crippen LogP contribution in [0.3, 0.4) is 0 Å². The number of carbonyl (C=O) groups excluding carboxylic acids is 1. The zero-order valence-corrected chi connectivity index (χ0v) is 12.1. The minimum absolute atomic E-state index is 0.0181. The molecular formula is C15H20N2O4. The van der Waals surface area contributed by atoms with Gasteiger partial charge in [0.05, 0.1) is 10.5 Å². The molecule has 1 saturated heterocycles. The SMILES string of the molecule is CCC1CCCCCN1C(=O)c1cccc([N+](=O)[O-])c1O. The second kappa shape index (κ2) is 6.56. The van der Waals surface area contributed by atoms with Gasteiger partial charge in [-0.25, -0.2) is 0 Å². The predicted molar refractivity (Wildman–Crippen MR) is 78.3 cm³/mol. The van der Waals surface area contributed by atoms with Crippen LogP contribution in [0.1, 0.15) is 49.4 Å². The molecule has 1 aliphatic heterocycles. The van der Waals surface area contributed by atoms with Crippen molar-refractivity contribution in [2.24, 2.45) is 0 Å². The van der Waals surface area contributed by atoms with Crippen molar-refractivity contribution >= 4 is 11.6 Å². The fourth-order valence-electron chi connectivity index (χ4n) is 2.88. The summed E-state index contributed by atoms with van der Waals surface area (Å²) >= 11 is 0. The number of para-hydroxylation sites is 1. The number of benzene rings is 1. The van der Waals surface area contributed by atoms with Gasteiger partial charge in [-0.15, -0.1) is 0 Å². The standard InChI is InChI=1S/C15H20N2O4/c1-2-11-7-4-3-5-10-16(11)15(19)12-8-6-9-13(14(12)18)17(20)21/h6,8-9,11,18H,2-5,7,10H2,1H3. The first-order valence-electron chi connectivity index (χ1n) is 7.33. The number of likely N-dealkylation sites (tertiary alicyclic amines) is 1. The largest absolute Gasteiger partial charge is 0.502 e. The number of phenolic OH excluding ortho intramolecular Hbond substituents is 1. The van der Waals surface area contributed by atoms with E-state index in [4.69, 9.17) is 0 Å². The van der Waals surface area contributed by atoms with E-state index in [1.54, 1.807) is 4.90 Å². The van der Waals surface area contributed by atoms with Crippen molar-refractivity contribution in [3.8, 4) is 5.75 Å². The van der Waals surface area contributed by atoms with E-state index in [2.05, 4.69) is 0 Å². The lowest BCUT2D eigenvalue weighted by molar-refractivity contribution is -0.385. The van der Waals surface area contributed by atoms with Gasteiger partial charge in [0.25, 0.3) is 5.91 Å². The third kappa shape index (κ3) is 3.15. The molecule has 21 heavy (non-hydrogen) atoms. The molecule has 1 amide bonds. The Morgan fingerprint density at radius 1 is 1.43 bits per heavy atom. The highest BCUT2D eigenvalue weighted by atomic mass is 16.6. The number of aromatic hydroxyl groups is 1. The maximum atomic E-state index is 12.7. The second-order valence-electron chi connectivity index (χ2n) is 5.34. The van der Waals surface area contributed by atoms with Gasteiger partial charge in [0.15, 0.2) is 0 Å². The molecule has 1 N–H and O–H groups in total. The number of carbonyl (C=O) groups is 1. The van der Waals surface area contributed by atoms with Gasteiger partial charge >= 0.3 is 5.69 Å². The predicted octanol–water partition coefficient (Wildman–Crippen LogP) is 3.10. The number of rotatable bonds is 3. The summed E-state index contributed by atoms with van der Waals surface area (Å²) in [5.41, 5.74) is -0.409. The van der Waals surface area contributed by atoms with Crippen molar-refractivity contribution in [3.05, 3.63) is 33.9 Å². The van der Waals surface area contributed by atoms with Crippen molar-refractivity contribution < 1.29 is 14.8 Å². The maximum Gasteiger partial charge on any atom is 0.311 e. The number of nitrogens with zero attached hydrogens (tertiary/aromatic N) is 2. The summed E-state index contributed by atoms with van der Waals surface area (Å²) in [4.78, 5) is 24.6. The molecule has 1 fully saturated rings. The van der Waals surface area contributed by atoms with Crippen LogP contribution in [0.2, 0.25) is 0 Å². The average molecular weight is 292 g/mol. The number of phenols is 1. The third-order valence-corrected chi connectivity index (χ3v) is 4.05. The molecule has 1 atom stereocenters. The molecule has 6 nitrogen and oxygen atoms in total. The Hall–Kier alpha value is -2.11. The zero-order chi connectivity index (χ0) is 15.4. The molecule has 6 heteroatoms. The summed E-state index contributed by atoms with van der Waals surface area (Å²) in [6.07, 6.45) is 4.89. The second-order valence-corrected chi connectivity index (χ2v) is 5.34. The van der Waals surface area contributed by atoms with Gasteiger partial charge in [-0.05, 0) is 25.3 Å². The first-order chi connectivity index (χ1) is 10.1. The van der Waals surface area contributed by atoms with Crippen LogP contribution in [0.4, 0.5) is 5.69 Å². The topological polar surface area (TPSA) is 83.7 Å². The first-order valence-corrected chi connectivity index (χ1v) is 7.33. The summed E-state index contributed by atoms with van der Waals surface area (Å²) in [6.45, 7) is 2.67. The zero-order valence-electron chi connectivity index (χ0n) is 12.1. The van der Waals surface area contributed by atoms with Crippen molar-refractivity contribution in [3.63, 3.8) is 0 Å². The monoisotopic (exact) mass is 292 g/mol. The van der Waals surface area contributed by atoms with E-state index >= 15 is 0 Å². The van der Waals surface area contributed by atoms with Crippen LogP contribution in [-0.2, 0) is 0 Å². The van der Waals surface area contributed by atoms with Gasteiger partial charge in [0, 0.05) is 18.7 Å². The molecule has 1 aromatic rings. The molecule has 1 aliphatic rings. The van der Waals surface area contributed by atoms with Crippen LogP contribution in [0.15, 0.2) is 18.2 Å². The van der Waals surface area contributed by atoms with Gasteiger partial charge in [-0.1, -0.05) is 25.8 Å². The summed E-state index contributed by atoms with van der Waals surface area (Å²) < 4.78 is 0.